The van der Waals surface area contributed by atoms with E-state index in [2.05, 4.69) is 11.4 Å². The Hall–Kier alpha value is -2.37. The van der Waals surface area contributed by atoms with E-state index in [4.69, 9.17) is 4.74 Å². The van der Waals surface area contributed by atoms with Gasteiger partial charge in [-0.05, 0) is 57.6 Å². The lowest BCUT2D eigenvalue weighted by Crippen LogP contribution is -2.37. The number of nitrogens with one attached hydrogen (secondary N) is 1. The van der Waals surface area contributed by atoms with Gasteiger partial charge in [-0.15, -0.1) is 0 Å². The molecule has 1 aliphatic carbocycles. The summed E-state index contributed by atoms with van der Waals surface area (Å²) >= 11 is 0. The van der Waals surface area contributed by atoms with Crippen molar-refractivity contribution in [2.75, 3.05) is 6.54 Å². The molecule has 24 heavy (non-hydrogen) atoms. The minimum atomic E-state index is -0.785. The van der Waals surface area contributed by atoms with Gasteiger partial charge in [-0.25, -0.2) is 0 Å². The predicted molar refractivity (Wildman–Crippen MR) is 92.1 cm³/mol. The van der Waals surface area contributed by atoms with Crippen LogP contribution in [-0.2, 0) is 4.79 Å². The number of rotatable bonds is 7. The Morgan fingerprint density at radius 2 is 2.21 bits per heavy atom. The highest BCUT2D eigenvalue weighted by molar-refractivity contribution is 5.80. The number of allylic oxidation sites excluding steroid dienone is 1. The Kier molecular flexibility index (Phi) is 6.35. The summed E-state index contributed by atoms with van der Waals surface area (Å²) in [5.41, 5.74) is 2.04. The second-order valence-corrected chi connectivity index (χ2v) is 6.14. The van der Waals surface area contributed by atoms with Crippen molar-refractivity contribution in [1.29, 1.82) is 0 Å². The molecule has 6 heteroatoms. The van der Waals surface area contributed by atoms with Crippen molar-refractivity contribution in [3.05, 3.63) is 45.5 Å². The van der Waals surface area contributed by atoms with Crippen molar-refractivity contribution in [3.8, 4) is 5.75 Å². The van der Waals surface area contributed by atoms with E-state index in [-0.39, 0.29) is 17.3 Å². The molecule has 130 valence electrons. The molecule has 1 aliphatic rings. The fourth-order valence-corrected chi connectivity index (χ4v) is 2.74. The molecule has 0 heterocycles. The summed E-state index contributed by atoms with van der Waals surface area (Å²) in [6, 6.07) is 4.70. The molecule has 0 aromatic heterocycles. The monoisotopic (exact) mass is 332 g/mol. The van der Waals surface area contributed by atoms with Gasteiger partial charge >= 0.3 is 5.69 Å². The van der Waals surface area contributed by atoms with Gasteiger partial charge in [0, 0.05) is 12.6 Å². The maximum absolute atomic E-state index is 12.1. The van der Waals surface area contributed by atoms with E-state index < -0.39 is 11.0 Å². The largest absolute Gasteiger partial charge is 0.474 e. The summed E-state index contributed by atoms with van der Waals surface area (Å²) in [5.74, 6) is -0.149. The van der Waals surface area contributed by atoms with Gasteiger partial charge in [0.2, 0.25) is 0 Å². The highest BCUT2D eigenvalue weighted by atomic mass is 16.6. The summed E-state index contributed by atoms with van der Waals surface area (Å²) in [6.45, 7) is 3.93. The first-order valence-electron chi connectivity index (χ1n) is 8.34. The van der Waals surface area contributed by atoms with Crippen LogP contribution >= 0.6 is 0 Å². The van der Waals surface area contributed by atoms with Gasteiger partial charge in [-0.1, -0.05) is 17.7 Å². The first kappa shape index (κ1) is 18.0. The smallest absolute Gasteiger partial charge is 0.311 e. The fourth-order valence-electron chi connectivity index (χ4n) is 2.74. The van der Waals surface area contributed by atoms with Crippen molar-refractivity contribution in [1.82, 2.24) is 5.32 Å². The lowest BCUT2D eigenvalue weighted by Gasteiger charge is -2.16. The lowest BCUT2D eigenvalue weighted by atomic mass is 9.97. The summed E-state index contributed by atoms with van der Waals surface area (Å²) in [4.78, 5) is 22.7. The van der Waals surface area contributed by atoms with Gasteiger partial charge in [-0.2, -0.15) is 0 Å². The van der Waals surface area contributed by atoms with E-state index in [1.54, 1.807) is 19.9 Å². The molecular formula is C18H24N2O4. The van der Waals surface area contributed by atoms with E-state index in [1.165, 1.54) is 30.5 Å². The van der Waals surface area contributed by atoms with Crippen LogP contribution in [0.5, 0.6) is 5.75 Å². The highest BCUT2D eigenvalue weighted by Gasteiger charge is 2.21. The fraction of sp³-hybridized carbons (Fsp3) is 0.500. The van der Waals surface area contributed by atoms with Crippen LogP contribution < -0.4 is 10.1 Å². The number of hydrogen-bond donors (Lipinski definition) is 1. The number of benzene rings is 1. The van der Waals surface area contributed by atoms with E-state index >= 15 is 0 Å². The van der Waals surface area contributed by atoms with E-state index in [1.807, 2.05) is 0 Å². The number of nitro groups is 1. The summed E-state index contributed by atoms with van der Waals surface area (Å²) in [5, 5.41) is 13.9. The summed E-state index contributed by atoms with van der Waals surface area (Å²) < 4.78 is 5.50. The zero-order valence-electron chi connectivity index (χ0n) is 14.2. The number of ether oxygens (including phenoxy) is 1. The van der Waals surface area contributed by atoms with Crippen LogP contribution in [0.4, 0.5) is 5.69 Å². The standard InChI is InChI=1S/C18H24N2O4/c1-13-8-9-17(16(12-13)20(22)23)24-14(2)18(21)19-11-10-15-6-4-3-5-7-15/h6,8-9,12,14H,3-5,7,10-11H2,1-2H3,(H,19,21)/t14-/m0/s1. The Morgan fingerprint density at radius 3 is 2.88 bits per heavy atom. The minimum absolute atomic E-state index is 0.114. The Morgan fingerprint density at radius 1 is 1.42 bits per heavy atom. The zero-order valence-corrected chi connectivity index (χ0v) is 14.2. The quantitative estimate of drug-likeness (QED) is 0.469. The molecule has 0 saturated heterocycles. The molecule has 0 fully saturated rings. The third-order valence-corrected chi connectivity index (χ3v) is 4.11. The number of nitrogens with zero attached hydrogens (tertiary/aromatic N) is 1. The Labute approximate surface area is 142 Å². The molecule has 6 nitrogen and oxygen atoms in total. The van der Waals surface area contributed by atoms with Gasteiger partial charge in [-0.3, -0.25) is 14.9 Å². The van der Waals surface area contributed by atoms with Gasteiger partial charge < -0.3 is 10.1 Å². The third kappa shape index (κ3) is 5.08. The molecule has 0 radical (unpaired) electrons. The molecule has 0 bridgehead atoms. The molecule has 1 aromatic carbocycles. The average Bonchev–Trinajstić information content (AvgIpc) is 2.57. The summed E-state index contributed by atoms with van der Waals surface area (Å²) in [7, 11) is 0. The number of amides is 1. The number of hydrogen-bond acceptors (Lipinski definition) is 4. The van der Waals surface area contributed by atoms with Crippen LogP contribution in [0.15, 0.2) is 29.8 Å². The normalized spacial score (nSPS) is 15.3. The molecule has 0 saturated carbocycles. The number of aryl methyl sites for hydroxylation is 1. The van der Waals surface area contributed by atoms with Crippen molar-refractivity contribution in [2.24, 2.45) is 0 Å². The topological polar surface area (TPSA) is 81.5 Å². The first-order chi connectivity index (χ1) is 11.5. The van der Waals surface area contributed by atoms with E-state index in [9.17, 15) is 14.9 Å². The second kappa shape index (κ2) is 8.47. The molecule has 0 aliphatic heterocycles. The van der Waals surface area contributed by atoms with Gasteiger partial charge in [0.25, 0.3) is 5.91 Å². The van der Waals surface area contributed by atoms with Crippen LogP contribution in [0.3, 0.4) is 0 Å². The predicted octanol–water partition coefficient (Wildman–Crippen LogP) is 3.68. The molecule has 1 amide bonds. The van der Waals surface area contributed by atoms with Crippen LogP contribution in [0, 0.1) is 17.0 Å². The van der Waals surface area contributed by atoms with Crippen LogP contribution in [0.2, 0.25) is 0 Å². The van der Waals surface area contributed by atoms with Crippen LogP contribution in [0.25, 0.3) is 0 Å². The Bertz CT molecular complexity index is 640. The maximum Gasteiger partial charge on any atom is 0.311 e. The number of nitro benzene ring substituents is 1. The number of carbonyl (C=O) groups excluding carboxylic acids is 1. The number of carbonyl (C=O) groups is 1. The van der Waals surface area contributed by atoms with Gasteiger partial charge in [0.15, 0.2) is 11.9 Å². The molecule has 1 atom stereocenters. The average molecular weight is 332 g/mol. The Balaban J connectivity index is 1.87. The van der Waals surface area contributed by atoms with Gasteiger partial charge in [0.05, 0.1) is 4.92 Å². The molecule has 0 unspecified atom stereocenters. The molecule has 0 spiro atoms. The molecule has 2 rings (SSSR count). The van der Waals surface area contributed by atoms with E-state index in [0.29, 0.717) is 6.54 Å². The third-order valence-electron chi connectivity index (χ3n) is 4.11. The zero-order chi connectivity index (χ0) is 17.5. The van der Waals surface area contributed by atoms with Crippen molar-refractivity contribution >= 4 is 11.6 Å². The van der Waals surface area contributed by atoms with Gasteiger partial charge in [0.1, 0.15) is 0 Å². The SMILES string of the molecule is Cc1ccc(O[C@@H](C)C(=O)NCCC2=CCCCC2)c([N+](=O)[O-])c1. The van der Waals surface area contributed by atoms with Crippen molar-refractivity contribution in [2.45, 2.75) is 52.1 Å². The van der Waals surface area contributed by atoms with E-state index in [0.717, 1.165) is 24.8 Å². The van der Waals surface area contributed by atoms with Crippen molar-refractivity contribution < 1.29 is 14.5 Å². The van der Waals surface area contributed by atoms with Crippen LogP contribution in [-0.4, -0.2) is 23.5 Å². The molecule has 1 aromatic rings. The minimum Gasteiger partial charge on any atom is -0.474 e. The first-order valence-corrected chi connectivity index (χ1v) is 8.34. The highest BCUT2D eigenvalue weighted by Crippen LogP contribution is 2.28. The lowest BCUT2D eigenvalue weighted by molar-refractivity contribution is -0.386. The maximum atomic E-state index is 12.1. The second-order valence-electron chi connectivity index (χ2n) is 6.14. The van der Waals surface area contributed by atoms with Crippen LogP contribution in [0.1, 0.15) is 44.6 Å². The molecular weight excluding hydrogens is 308 g/mol. The van der Waals surface area contributed by atoms with Crippen molar-refractivity contribution in [3.63, 3.8) is 0 Å². The summed E-state index contributed by atoms with van der Waals surface area (Å²) in [6.07, 6.45) is 7.02. The molecule has 1 N–H and O–H groups in total.